The molecule has 0 saturated carbocycles. The number of hydrogen-bond donors (Lipinski definition) is 1. The number of amides is 1. The molecule has 0 atom stereocenters. The molecule has 1 N–H and O–H groups in total. The molecule has 1 amide bonds. The third-order valence-corrected chi connectivity index (χ3v) is 4.85. The van der Waals surface area contributed by atoms with Gasteiger partial charge in [-0.25, -0.2) is 12.8 Å². The summed E-state index contributed by atoms with van der Waals surface area (Å²) in [5, 5.41) is 2.51. The second-order valence-electron chi connectivity index (χ2n) is 4.76. The van der Waals surface area contributed by atoms with Gasteiger partial charge in [0.15, 0.2) is 0 Å². The molecule has 128 valence electrons. The minimum atomic E-state index is -4.69. The molecule has 0 spiro atoms. The maximum absolute atomic E-state index is 13.6. The number of carbonyl (C=O) groups excluding carboxylic acids is 1. The van der Waals surface area contributed by atoms with Gasteiger partial charge in [-0.1, -0.05) is 17.7 Å². The van der Waals surface area contributed by atoms with Gasteiger partial charge in [-0.15, -0.1) is 0 Å². The summed E-state index contributed by atoms with van der Waals surface area (Å²) in [4.78, 5) is 11.3. The number of carbonyl (C=O) groups is 1. The third kappa shape index (κ3) is 4.07. The van der Waals surface area contributed by atoms with Crippen LogP contribution in [0.15, 0.2) is 47.4 Å². The van der Waals surface area contributed by atoms with Crippen molar-refractivity contribution in [1.29, 1.82) is 0 Å². The Bertz CT molecular complexity index is 835. The van der Waals surface area contributed by atoms with Crippen LogP contribution in [0.5, 0.6) is 0 Å². The first-order valence-corrected chi connectivity index (χ1v) is 8.49. The molecule has 0 radical (unpaired) electrons. The Labute approximate surface area is 141 Å². The first-order chi connectivity index (χ1) is 11.2. The van der Waals surface area contributed by atoms with Crippen LogP contribution in [0.4, 0.5) is 18.9 Å². The Morgan fingerprint density at radius 3 is 2.29 bits per heavy atom. The maximum atomic E-state index is 13.6. The lowest BCUT2D eigenvalue weighted by Gasteiger charge is -2.08. The second-order valence-corrected chi connectivity index (χ2v) is 7.08. The predicted molar refractivity (Wildman–Crippen MR) is 83.4 cm³/mol. The first-order valence-electron chi connectivity index (χ1n) is 6.56. The number of benzene rings is 2. The van der Waals surface area contributed by atoms with E-state index < -0.39 is 32.2 Å². The summed E-state index contributed by atoms with van der Waals surface area (Å²) in [6.45, 7) is 0. The molecule has 24 heavy (non-hydrogen) atoms. The van der Waals surface area contributed by atoms with Crippen LogP contribution in [-0.4, -0.2) is 20.1 Å². The topological polar surface area (TPSA) is 63.2 Å². The van der Waals surface area contributed by atoms with Crippen LogP contribution in [-0.2, 0) is 21.1 Å². The molecule has 0 bridgehead atoms. The van der Waals surface area contributed by atoms with E-state index in [9.17, 15) is 26.4 Å². The molecular weight excluding hydrogens is 367 g/mol. The fourth-order valence-electron chi connectivity index (χ4n) is 1.90. The molecule has 0 aliphatic carbocycles. The van der Waals surface area contributed by atoms with Gasteiger partial charge in [-0.3, -0.25) is 4.79 Å². The zero-order chi connectivity index (χ0) is 17.9. The van der Waals surface area contributed by atoms with Crippen molar-refractivity contribution < 1.29 is 26.4 Å². The molecule has 0 unspecified atom stereocenters. The summed E-state index contributed by atoms with van der Waals surface area (Å²) >= 11 is 5.82. The van der Waals surface area contributed by atoms with Crippen molar-refractivity contribution in [3.05, 3.63) is 58.9 Å². The SMILES string of the molecule is O=C(Cc1c(F)cccc1Cl)Nc1ccc(S(=O)(=O)C(F)F)cc1. The van der Waals surface area contributed by atoms with E-state index in [-0.39, 0.29) is 22.7 Å². The minimum Gasteiger partial charge on any atom is -0.326 e. The van der Waals surface area contributed by atoms with Gasteiger partial charge in [0.2, 0.25) is 15.7 Å². The summed E-state index contributed by atoms with van der Waals surface area (Å²) in [6, 6.07) is 8.24. The lowest BCUT2D eigenvalue weighted by molar-refractivity contribution is -0.115. The first kappa shape index (κ1) is 18.3. The lowest BCUT2D eigenvalue weighted by atomic mass is 10.1. The molecule has 2 rings (SSSR count). The van der Waals surface area contributed by atoms with Crippen LogP contribution in [0.25, 0.3) is 0 Å². The fourth-order valence-corrected chi connectivity index (χ4v) is 2.85. The number of rotatable bonds is 5. The van der Waals surface area contributed by atoms with E-state index in [2.05, 4.69) is 5.32 Å². The van der Waals surface area contributed by atoms with Gasteiger partial charge in [0, 0.05) is 16.3 Å². The zero-order valence-corrected chi connectivity index (χ0v) is 13.5. The highest BCUT2D eigenvalue weighted by molar-refractivity contribution is 7.91. The Balaban J connectivity index is 2.10. The monoisotopic (exact) mass is 377 g/mol. The van der Waals surface area contributed by atoms with Gasteiger partial charge in [0.05, 0.1) is 11.3 Å². The van der Waals surface area contributed by atoms with Crippen molar-refractivity contribution >= 4 is 33.0 Å². The van der Waals surface area contributed by atoms with E-state index in [4.69, 9.17) is 11.6 Å². The van der Waals surface area contributed by atoms with Crippen molar-refractivity contribution in [2.75, 3.05) is 5.32 Å². The van der Waals surface area contributed by atoms with Gasteiger partial charge in [0.25, 0.3) is 0 Å². The molecule has 0 aliphatic heterocycles. The van der Waals surface area contributed by atoms with Crippen molar-refractivity contribution in [2.45, 2.75) is 17.1 Å². The highest BCUT2D eigenvalue weighted by Crippen LogP contribution is 2.22. The Kier molecular flexibility index (Phi) is 5.51. The summed E-state index contributed by atoms with van der Waals surface area (Å²) in [5.74, 6) is -4.75. The van der Waals surface area contributed by atoms with E-state index in [1.807, 2.05) is 0 Å². The molecular formula is C15H11ClF3NO3S. The normalized spacial score (nSPS) is 11.5. The van der Waals surface area contributed by atoms with E-state index in [1.54, 1.807) is 0 Å². The molecule has 0 aromatic heterocycles. The lowest BCUT2D eigenvalue weighted by Crippen LogP contribution is -2.16. The van der Waals surface area contributed by atoms with Gasteiger partial charge in [-0.2, -0.15) is 8.78 Å². The predicted octanol–water partition coefficient (Wildman–Crippen LogP) is 3.66. The van der Waals surface area contributed by atoms with Crippen molar-refractivity contribution in [3.8, 4) is 0 Å². The van der Waals surface area contributed by atoms with Crippen molar-refractivity contribution in [3.63, 3.8) is 0 Å². The maximum Gasteiger partial charge on any atom is 0.341 e. The van der Waals surface area contributed by atoms with Gasteiger partial charge < -0.3 is 5.32 Å². The van der Waals surface area contributed by atoms with Gasteiger partial charge >= 0.3 is 5.76 Å². The van der Waals surface area contributed by atoms with E-state index >= 15 is 0 Å². The Morgan fingerprint density at radius 1 is 1.12 bits per heavy atom. The van der Waals surface area contributed by atoms with Crippen molar-refractivity contribution in [2.24, 2.45) is 0 Å². The van der Waals surface area contributed by atoms with Crippen LogP contribution >= 0.6 is 11.6 Å². The highest BCUT2D eigenvalue weighted by Gasteiger charge is 2.26. The van der Waals surface area contributed by atoms with Crippen LogP contribution in [0.1, 0.15) is 5.56 Å². The van der Waals surface area contributed by atoms with Crippen LogP contribution in [0.2, 0.25) is 5.02 Å². The van der Waals surface area contributed by atoms with E-state index in [0.29, 0.717) is 0 Å². The van der Waals surface area contributed by atoms with Crippen LogP contribution < -0.4 is 5.32 Å². The number of anilines is 1. The summed E-state index contributed by atoms with van der Waals surface area (Å²) in [7, 11) is -4.69. The number of alkyl halides is 2. The molecule has 0 aliphatic rings. The zero-order valence-electron chi connectivity index (χ0n) is 12.0. The summed E-state index contributed by atoms with van der Waals surface area (Å²) in [6.07, 6.45) is -0.331. The van der Waals surface area contributed by atoms with Crippen LogP contribution in [0.3, 0.4) is 0 Å². The smallest absolute Gasteiger partial charge is 0.326 e. The quantitative estimate of drug-likeness (QED) is 0.865. The summed E-state index contributed by atoms with van der Waals surface area (Å²) < 4.78 is 61.0. The second kappa shape index (κ2) is 7.23. The number of nitrogens with one attached hydrogen (secondary N) is 1. The molecule has 2 aromatic carbocycles. The van der Waals surface area contributed by atoms with E-state index in [1.165, 1.54) is 18.2 Å². The largest absolute Gasteiger partial charge is 0.341 e. The molecule has 0 fully saturated rings. The molecule has 0 saturated heterocycles. The number of hydrogen-bond acceptors (Lipinski definition) is 3. The Morgan fingerprint density at radius 2 is 1.75 bits per heavy atom. The number of sulfone groups is 1. The fraction of sp³-hybridized carbons (Fsp3) is 0.133. The molecule has 9 heteroatoms. The third-order valence-electron chi connectivity index (χ3n) is 3.10. The van der Waals surface area contributed by atoms with Gasteiger partial charge in [0.1, 0.15) is 5.82 Å². The average molecular weight is 378 g/mol. The van der Waals surface area contributed by atoms with Gasteiger partial charge in [-0.05, 0) is 36.4 Å². The minimum absolute atomic E-state index is 0.0218. The standard InChI is InChI=1S/C15H11ClF3NO3S/c16-12-2-1-3-13(17)11(12)8-14(21)20-9-4-6-10(7-5-9)24(22,23)15(18)19/h1-7,15H,8H2,(H,20,21). The van der Waals surface area contributed by atoms with Crippen molar-refractivity contribution in [1.82, 2.24) is 0 Å². The summed E-state index contributed by atoms with van der Waals surface area (Å²) in [5.41, 5.74) is 0.203. The number of halogens is 4. The van der Waals surface area contributed by atoms with Crippen LogP contribution in [0, 0.1) is 5.82 Å². The molecule has 4 nitrogen and oxygen atoms in total. The Hall–Kier alpha value is -2.06. The molecule has 2 aromatic rings. The van der Waals surface area contributed by atoms with E-state index in [0.717, 1.165) is 24.3 Å². The average Bonchev–Trinajstić information content (AvgIpc) is 2.51. The molecule has 0 heterocycles. The highest BCUT2D eigenvalue weighted by atomic mass is 35.5.